The Morgan fingerprint density at radius 2 is 2.39 bits per heavy atom. The smallest absolute Gasteiger partial charge is 0.358 e. The summed E-state index contributed by atoms with van der Waals surface area (Å²) in [6, 6.07) is 5.13. The molecule has 3 rings (SSSR count). The number of aromatic nitrogens is 4. The molecule has 1 unspecified atom stereocenters. The van der Waals surface area contributed by atoms with Crippen molar-refractivity contribution in [3.05, 3.63) is 29.8 Å². The molecule has 1 saturated heterocycles. The van der Waals surface area contributed by atoms with E-state index in [2.05, 4.69) is 15.1 Å². The second kappa shape index (κ2) is 6.54. The second-order valence-electron chi connectivity index (χ2n) is 4.95. The van der Waals surface area contributed by atoms with Crippen molar-refractivity contribution in [1.82, 2.24) is 19.7 Å². The normalized spacial score (nSPS) is 17.0. The van der Waals surface area contributed by atoms with Crippen LogP contribution in [0.5, 0.6) is 0 Å². The minimum absolute atomic E-state index is 0.189. The Bertz CT molecular complexity index is 759. The van der Waals surface area contributed by atoms with E-state index in [1.54, 1.807) is 23.7 Å². The lowest BCUT2D eigenvalue weighted by Crippen LogP contribution is -2.13. The van der Waals surface area contributed by atoms with Crippen LogP contribution in [-0.4, -0.2) is 38.9 Å². The van der Waals surface area contributed by atoms with E-state index in [4.69, 9.17) is 14.7 Å². The number of nitrogens with zero attached hydrogens (tertiary/aromatic N) is 5. The predicted molar refractivity (Wildman–Crippen MR) is 78.1 cm³/mol. The number of rotatable bonds is 4. The second-order valence-corrected chi connectivity index (χ2v) is 4.95. The lowest BCUT2D eigenvalue weighted by atomic mass is 10.2. The molecule has 0 radical (unpaired) electrons. The molecule has 2 aromatic rings. The largest absolute Gasteiger partial charge is 0.461 e. The molecule has 0 aliphatic carbocycles. The first-order valence-corrected chi connectivity index (χ1v) is 7.33. The summed E-state index contributed by atoms with van der Waals surface area (Å²) in [5.74, 6) is -0.500. The maximum absolute atomic E-state index is 12.0. The molecule has 8 heteroatoms. The lowest BCUT2D eigenvalue weighted by molar-refractivity contribution is 0.0444. The highest BCUT2D eigenvalue weighted by Gasteiger charge is 2.25. The molecule has 0 bridgehead atoms. The van der Waals surface area contributed by atoms with E-state index in [1.807, 2.05) is 6.07 Å². The van der Waals surface area contributed by atoms with Crippen LogP contribution in [0.3, 0.4) is 0 Å². The van der Waals surface area contributed by atoms with E-state index < -0.39 is 5.97 Å². The summed E-state index contributed by atoms with van der Waals surface area (Å²) in [5, 5.41) is 13.3. The van der Waals surface area contributed by atoms with Crippen molar-refractivity contribution >= 4 is 5.97 Å². The van der Waals surface area contributed by atoms with Gasteiger partial charge in [0.15, 0.2) is 11.9 Å². The first-order chi connectivity index (χ1) is 11.2. The van der Waals surface area contributed by atoms with E-state index in [0.717, 1.165) is 12.8 Å². The highest BCUT2D eigenvalue weighted by atomic mass is 16.5. The Morgan fingerprint density at radius 3 is 3.09 bits per heavy atom. The third-order valence-corrected chi connectivity index (χ3v) is 3.44. The molecule has 0 N–H and O–H groups in total. The summed E-state index contributed by atoms with van der Waals surface area (Å²) in [7, 11) is 0. The molecule has 118 valence electrons. The summed E-state index contributed by atoms with van der Waals surface area (Å²) >= 11 is 0. The topological polar surface area (TPSA) is 103 Å². The van der Waals surface area contributed by atoms with E-state index in [1.165, 1.54) is 6.33 Å². The molecule has 1 aliphatic heterocycles. The molecule has 0 spiro atoms. The Labute approximate surface area is 132 Å². The minimum atomic E-state index is -0.500. The first kappa shape index (κ1) is 15.1. The molecular formula is C15H15N5O3. The maximum atomic E-state index is 12.0. The zero-order valence-corrected chi connectivity index (χ0v) is 12.6. The molecule has 3 heterocycles. The fourth-order valence-corrected chi connectivity index (χ4v) is 2.42. The van der Waals surface area contributed by atoms with Crippen molar-refractivity contribution in [2.24, 2.45) is 0 Å². The summed E-state index contributed by atoms with van der Waals surface area (Å²) < 4.78 is 12.3. The van der Waals surface area contributed by atoms with Crippen molar-refractivity contribution < 1.29 is 14.3 Å². The van der Waals surface area contributed by atoms with Gasteiger partial charge in [0.2, 0.25) is 0 Å². The van der Waals surface area contributed by atoms with E-state index in [0.29, 0.717) is 18.0 Å². The molecule has 0 amide bonds. The van der Waals surface area contributed by atoms with Crippen LogP contribution in [0.25, 0.3) is 11.4 Å². The van der Waals surface area contributed by atoms with Gasteiger partial charge in [-0.25, -0.2) is 19.4 Å². The highest BCUT2D eigenvalue weighted by Crippen LogP contribution is 2.29. The molecule has 8 nitrogen and oxygen atoms in total. The Hall–Kier alpha value is -2.79. The molecule has 23 heavy (non-hydrogen) atoms. The van der Waals surface area contributed by atoms with Gasteiger partial charge in [-0.3, -0.25) is 0 Å². The molecule has 2 aromatic heterocycles. The number of carbonyl (C=O) groups excluding carboxylic acids is 1. The molecule has 1 fully saturated rings. The van der Waals surface area contributed by atoms with Gasteiger partial charge in [-0.05, 0) is 19.8 Å². The standard InChI is InChI=1S/C15H15N5O3/c1-2-22-15(21)12-7-13(11-6-10(8-16)17-9-18-11)20(19-12)14-4-3-5-23-14/h6-7,9,14H,2-5H2,1H3. The fraction of sp³-hybridized carbons (Fsp3) is 0.400. The summed E-state index contributed by atoms with van der Waals surface area (Å²) in [6.07, 6.45) is 2.78. The van der Waals surface area contributed by atoms with E-state index >= 15 is 0 Å². The number of carbonyl (C=O) groups is 1. The highest BCUT2D eigenvalue weighted by molar-refractivity contribution is 5.88. The van der Waals surface area contributed by atoms with Crippen molar-refractivity contribution in [3.8, 4) is 17.5 Å². The van der Waals surface area contributed by atoms with Gasteiger partial charge in [-0.15, -0.1) is 0 Å². The Balaban J connectivity index is 2.05. The lowest BCUT2D eigenvalue weighted by Gasteiger charge is -2.13. The molecule has 0 saturated carbocycles. The van der Waals surface area contributed by atoms with Crippen LogP contribution in [0.4, 0.5) is 0 Å². The Kier molecular flexibility index (Phi) is 4.30. The van der Waals surface area contributed by atoms with Crippen LogP contribution in [-0.2, 0) is 9.47 Å². The van der Waals surface area contributed by atoms with Crippen molar-refractivity contribution in [2.45, 2.75) is 26.0 Å². The number of nitriles is 1. The van der Waals surface area contributed by atoms with E-state index in [-0.39, 0.29) is 24.2 Å². The average Bonchev–Trinajstić information content (AvgIpc) is 3.24. The van der Waals surface area contributed by atoms with Gasteiger partial charge in [0.25, 0.3) is 0 Å². The maximum Gasteiger partial charge on any atom is 0.358 e. The van der Waals surface area contributed by atoms with Gasteiger partial charge in [0, 0.05) is 18.7 Å². The van der Waals surface area contributed by atoms with Crippen molar-refractivity contribution in [2.75, 3.05) is 13.2 Å². The predicted octanol–water partition coefficient (Wildman–Crippen LogP) is 1.70. The summed E-state index contributed by atoms with van der Waals surface area (Å²) in [5.41, 5.74) is 1.54. The van der Waals surface area contributed by atoms with Gasteiger partial charge in [0.05, 0.1) is 18.0 Å². The Morgan fingerprint density at radius 1 is 1.52 bits per heavy atom. The van der Waals surface area contributed by atoms with Gasteiger partial charge in [-0.2, -0.15) is 10.4 Å². The number of hydrogen-bond acceptors (Lipinski definition) is 7. The van der Waals surface area contributed by atoms with Gasteiger partial charge in [0.1, 0.15) is 18.1 Å². The van der Waals surface area contributed by atoms with Gasteiger partial charge >= 0.3 is 5.97 Å². The zero-order valence-electron chi connectivity index (χ0n) is 12.6. The van der Waals surface area contributed by atoms with Crippen LogP contribution in [0.1, 0.15) is 42.2 Å². The van der Waals surface area contributed by atoms with Crippen molar-refractivity contribution in [1.29, 1.82) is 5.26 Å². The molecular weight excluding hydrogens is 298 g/mol. The number of hydrogen-bond donors (Lipinski definition) is 0. The zero-order chi connectivity index (χ0) is 16.2. The van der Waals surface area contributed by atoms with Crippen LogP contribution in [0, 0.1) is 11.3 Å². The third kappa shape index (κ3) is 3.05. The summed E-state index contributed by atoms with van der Waals surface area (Å²) in [6.45, 7) is 2.65. The van der Waals surface area contributed by atoms with Crippen LogP contribution >= 0.6 is 0 Å². The summed E-state index contributed by atoms with van der Waals surface area (Å²) in [4.78, 5) is 20.0. The van der Waals surface area contributed by atoms with Crippen LogP contribution < -0.4 is 0 Å². The van der Waals surface area contributed by atoms with E-state index in [9.17, 15) is 4.79 Å². The van der Waals surface area contributed by atoms with Gasteiger partial charge in [-0.1, -0.05) is 0 Å². The third-order valence-electron chi connectivity index (χ3n) is 3.44. The number of esters is 1. The van der Waals surface area contributed by atoms with Crippen LogP contribution in [0.15, 0.2) is 18.5 Å². The quantitative estimate of drug-likeness (QED) is 0.791. The minimum Gasteiger partial charge on any atom is -0.461 e. The van der Waals surface area contributed by atoms with Gasteiger partial charge < -0.3 is 9.47 Å². The number of ether oxygens (including phenoxy) is 2. The van der Waals surface area contributed by atoms with Crippen molar-refractivity contribution in [3.63, 3.8) is 0 Å². The monoisotopic (exact) mass is 313 g/mol. The fourth-order valence-electron chi connectivity index (χ4n) is 2.42. The molecule has 1 atom stereocenters. The molecule has 0 aromatic carbocycles. The molecule has 1 aliphatic rings. The average molecular weight is 313 g/mol. The van der Waals surface area contributed by atoms with Crippen LogP contribution in [0.2, 0.25) is 0 Å². The SMILES string of the molecule is CCOC(=O)c1cc(-c2cc(C#N)ncn2)n(C2CCCO2)n1. The first-order valence-electron chi connectivity index (χ1n) is 7.33.